The number of rotatable bonds is 12. The van der Waals surface area contributed by atoms with E-state index in [4.69, 9.17) is 10.5 Å². The molecule has 2 heteroatoms. The molecule has 0 aliphatic heterocycles. The number of hydrogen-bond donors (Lipinski definition) is 2. The molecule has 0 spiro atoms. The third kappa shape index (κ3) is 15.1. The lowest BCUT2D eigenvalue weighted by Gasteiger charge is -1.99. The first-order valence-electron chi connectivity index (χ1n) is 6.83. The van der Waals surface area contributed by atoms with Gasteiger partial charge in [-0.2, -0.15) is 0 Å². The molecule has 0 unspecified atom stereocenters. The Morgan fingerprint density at radius 3 is 1.82 bits per heavy atom. The number of allylic oxidation sites excluding steroid dienone is 3. The minimum atomic E-state index is 0.127. The molecule has 0 aromatic rings. The molecule has 0 heterocycles. The van der Waals surface area contributed by atoms with Gasteiger partial charge in [0.1, 0.15) is 0 Å². The highest BCUT2D eigenvalue weighted by Gasteiger charge is 1.90. The lowest BCUT2D eigenvalue weighted by atomic mass is 10.1. The molecular weight excluding hydrogens is 210 g/mol. The highest BCUT2D eigenvalue weighted by Crippen LogP contribution is 2.09. The molecule has 17 heavy (non-hydrogen) atoms. The molecule has 0 amide bonds. The first-order chi connectivity index (χ1) is 8.41. The summed E-state index contributed by atoms with van der Waals surface area (Å²) in [6.07, 6.45) is 20.5. The Balaban J connectivity index is 3.05. The molecule has 2 N–H and O–H groups in total. The molecule has 0 bridgehead atoms. The third-order valence-corrected chi connectivity index (χ3v) is 2.71. The predicted octanol–water partition coefficient (Wildman–Crippen LogP) is 4.25. The Morgan fingerprint density at radius 2 is 1.24 bits per heavy atom. The molecule has 0 saturated heterocycles. The summed E-state index contributed by atoms with van der Waals surface area (Å²) in [4.78, 5) is 0. The number of unbranched alkanes of at least 4 members (excludes halogenated alkanes) is 8. The van der Waals surface area contributed by atoms with Crippen LogP contribution in [-0.4, -0.2) is 17.9 Å². The van der Waals surface area contributed by atoms with E-state index in [0.29, 0.717) is 0 Å². The molecule has 0 aromatic heterocycles. The minimum Gasteiger partial charge on any atom is -0.392 e. The number of aliphatic hydroxyl groups excluding tert-OH is 1. The van der Waals surface area contributed by atoms with Gasteiger partial charge in [-0.3, -0.25) is 0 Å². The molecule has 98 valence electrons. The van der Waals surface area contributed by atoms with Crippen molar-refractivity contribution in [3.8, 4) is 0 Å². The van der Waals surface area contributed by atoms with E-state index < -0.39 is 0 Å². The van der Waals surface area contributed by atoms with Crippen LogP contribution in [0.5, 0.6) is 0 Å². The van der Waals surface area contributed by atoms with Gasteiger partial charge in [0.05, 0.1) is 6.61 Å². The number of aliphatic hydroxyl groups is 1. The SMILES string of the molecule is N=CCCCCCCCCCC=CC=CCO. The first kappa shape index (κ1) is 16.1. The molecule has 0 aliphatic rings. The Bertz CT molecular complexity index is 209. The monoisotopic (exact) mass is 237 g/mol. The summed E-state index contributed by atoms with van der Waals surface area (Å²) < 4.78 is 0. The zero-order chi connectivity index (χ0) is 12.6. The van der Waals surface area contributed by atoms with Gasteiger partial charge in [-0.25, -0.2) is 0 Å². The second kappa shape index (κ2) is 15.1. The van der Waals surface area contributed by atoms with Crippen molar-refractivity contribution in [3.63, 3.8) is 0 Å². The van der Waals surface area contributed by atoms with Crippen molar-refractivity contribution in [2.24, 2.45) is 0 Å². The smallest absolute Gasteiger partial charge is 0.0615 e. The Labute approximate surface area is 106 Å². The summed E-state index contributed by atoms with van der Waals surface area (Å²) in [5.41, 5.74) is 0. The quantitative estimate of drug-likeness (QED) is 0.297. The van der Waals surface area contributed by atoms with Crippen LogP contribution in [0.3, 0.4) is 0 Å². The minimum absolute atomic E-state index is 0.127. The third-order valence-electron chi connectivity index (χ3n) is 2.71. The largest absolute Gasteiger partial charge is 0.392 e. The van der Waals surface area contributed by atoms with Gasteiger partial charge < -0.3 is 10.5 Å². The maximum atomic E-state index is 8.51. The maximum absolute atomic E-state index is 8.51. The van der Waals surface area contributed by atoms with Gasteiger partial charge in [-0.1, -0.05) is 56.4 Å². The van der Waals surface area contributed by atoms with Crippen LogP contribution in [0, 0.1) is 5.41 Å². The molecule has 0 saturated carbocycles. The summed E-state index contributed by atoms with van der Waals surface area (Å²) in [5, 5.41) is 15.4. The van der Waals surface area contributed by atoms with Crippen LogP contribution in [0.25, 0.3) is 0 Å². The van der Waals surface area contributed by atoms with E-state index in [-0.39, 0.29) is 6.61 Å². The highest BCUT2D eigenvalue weighted by molar-refractivity contribution is 5.52. The van der Waals surface area contributed by atoms with Gasteiger partial charge in [0.25, 0.3) is 0 Å². The van der Waals surface area contributed by atoms with E-state index in [9.17, 15) is 0 Å². The zero-order valence-electron chi connectivity index (χ0n) is 10.9. The second-order valence-corrected chi connectivity index (χ2v) is 4.30. The number of hydrogen-bond acceptors (Lipinski definition) is 2. The van der Waals surface area contributed by atoms with Crippen LogP contribution < -0.4 is 0 Å². The molecule has 0 aromatic carbocycles. The molecular formula is C15H27NO. The van der Waals surface area contributed by atoms with Crippen LogP contribution in [0.15, 0.2) is 24.3 Å². The van der Waals surface area contributed by atoms with Gasteiger partial charge >= 0.3 is 0 Å². The molecule has 2 nitrogen and oxygen atoms in total. The lowest BCUT2D eigenvalue weighted by Crippen LogP contribution is -1.81. The summed E-state index contributed by atoms with van der Waals surface area (Å²) in [5.74, 6) is 0. The Hall–Kier alpha value is -0.890. The summed E-state index contributed by atoms with van der Waals surface area (Å²) in [6, 6.07) is 0. The lowest BCUT2D eigenvalue weighted by molar-refractivity contribution is 0.343. The molecule has 0 rings (SSSR count). The number of nitrogens with one attached hydrogen (secondary N) is 1. The van der Waals surface area contributed by atoms with Crippen molar-refractivity contribution >= 4 is 6.21 Å². The topological polar surface area (TPSA) is 44.1 Å². The average Bonchev–Trinajstić information content (AvgIpc) is 2.35. The van der Waals surface area contributed by atoms with Gasteiger partial charge in [0.2, 0.25) is 0 Å². The highest BCUT2D eigenvalue weighted by atomic mass is 16.2. The second-order valence-electron chi connectivity index (χ2n) is 4.30. The van der Waals surface area contributed by atoms with E-state index in [1.807, 2.05) is 12.2 Å². The van der Waals surface area contributed by atoms with Crippen molar-refractivity contribution < 1.29 is 5.11 Å². The van der Waals surface area contributed by atoms with Crippen LogP contribution in [-0.2, 0) is 0 Å². The van der Waals surface area contributed by atoms with Crippen LogP contribution in [0.1, 0.15) is 57.8 Å². The summed E-state index contributed by atoms with van der Waals surface area (Å²) in [6.45, 7) is 0.127. The first-order valence-corrected chi connectivity index (χ1v) is 6.83. The van der Waals surface area contributed by atoms with Crippen molar-refractivity contribution in [1.29, 1.82) is 5.41 Å². The maximum Gasteiger partial charge on any atom is 0.0615 e. The van der Waals surface area contributed by atoms with E-state index in [1.54, 1.807) is 6.08 Å². The molecule has 0 radical (unpaired) electrons. The Kier molecular flexibility index (Phi) is 14.3. The predicted molar refractivity (Wildman–Crippen MR) is 75.7 cm³/mol. The normalized spacial score (nSPS) is 11.6. The van der Waals surface area contributed by atoms with E-state index in [1.165, 1.54) is 51.2 Å². The van der Waals surface area contributed by atoms with E-state index in [0.717, 1.165) is 12.8 Å². The van der Waals surface area contributed by atoms with Gasteiger partial charge in [0, 0.05) is 0 Å². The van der Waals surface area contributed by atoms with E-state index >= 15 is 0 Å². The van der Waals surface area contributed by atoms with Crippen molar-refractivity contribution in [3.05, 3.63) is 24.3 Å². The fraction of sp³-hybridized carbons (Fsp3) is 0.667. The molecule has 0 aliphatic carbocycles. The van der Waals surface area contributed by atoms with Crippen LogP contribution >= 0.6 is 0 Å². The van der Waals surface area contributed by atoms with Gasteiger partial charge in [0.15, 0.2) is 0 Å². The fourth-order valence-corrected chi connectivity index (χ4v) is 1.71. The van der Waals surface area contributed by atoms with Crippen molar-refractivity contribution in [1.82, 2.24) is 0 Å². The standard InChI is InChI=1S/C15H27NO/c16-14-12-10-8-6-4-2-1-3-5-7-9-11-13-15-17/h7,9,11,13-14,16-17H,1-6,8,10,12,15H2. The van der Waals surface area contributed by atoms with Gasteiger partial charge in [-0.05, 0) is 31.9 Å². The van der Waals surface area contributed by atoms with E-state index in [2.05, 4.69) is 6.08 Å². The van der Waals surface area contributed by atoms with Crippen LogP contribution in [0.4, 0.5) is 0 Å². The zero-order valence-corrected chi connectivity index (χ0v) is 10.9. The fourth-order valence-electron chi connectivity index (χ4n) is 1.71. The van der Waals surface area contributed by atoms with Gasteiger partial charge in [-0.15, -0.1) is 0 Å². The Morgan fingerprint density at radius 1 is 0.706 bits per heavy atom. The summed E-state index contributed by atoms with van der Waals surface area (Å²) >= 11 is 0. The molecule has 0 fully saturated rings. The molecule has 0 atom stereocenters. The van der Waals surface area contributed by atoms with Crippen LogP contribution in [0.2, 0.25) is 0 Å². The van der Waals surface area contributed by atoms with Crippen molar-refractivity contribution in [2.75, 3.05) is 6.61 Å². The van der Waals surface area contributed by atoms with Crippen molar-refractivity contribution in [2.45, 2.75) is 57.8 Å². The summed E-state index contributed by atoms with van der Waals surface area (Å²) in [7, 11) is 0. The average molecular weight is 237 g/mol.